The van der Waals surface area contributed by atoms with Gasteiger partial charge in [-0.25, -0.2) is 0 Å². The van der Waals surface area contributed by atoms with Crippen LogP contribution in [0.3, 0.4) is 0 Å². The van der Waals surface area contributed by atoms with Gasteiger partial charge in [0, 0.05) is 31.1 Å². The van der Waals surface area contributed by atoms with Gasteiger partial charge in [0.15, 0.2) is 0 Å². The van der Waals surface area contributed by atoms with Gasteiger partial charge in [-0.15, -0.1) is 11.3 Å². The molecule has 31 heavy (non-hydrogen) atoms. The molecule has 1 saturated heterocycles. The fourth-order valence-corrected chi connectivity index (χ4v) is 5.85. The Labute approximate surface area is 188 Å². The van der Waals surface area contributed by atoms with E-state index in [1.165, 1.54) is 4.88 Å². The van der Waals surface area contributed by atoms with Crippen LogP contribution in [0.4, 0.5) is 10.7 Å². The van der Waals surface area contributed by atoms with Gasteiger partial charge in [0.2, 0.25) is 5.91 Å². The quantitative estimate of drug-likeness (QED) is 0.741. The monoisotopic (exact) mass is 438 g/mol. The molecule has 1 unspecified atom stereocenters. The molecule has 1 fully saturated rings. The Morgan fingerprint density at radius 3 is 2.81 bits per heavy atom. The second-order valence-electron chi connectivity index (χ2n) is 8.38. The van der Waals surface area contributed by atoms with E-state index in [4.69, 9.17) is 4.74 Å². The van der Waals surface area contributed by atoms with Crippen LogP contribution in [0.1, 0.15) is 36.3 Å². The van der Waals surface area contributed by atoms with Crippen molar-refractivity contribution in [1.29, 1.82) is 5.26 Å². The van der Waals surface area contributed by atoms with Gasteiger partial charge in [0.05, 0.1) is 24.4 Å². The number of para-hydroxylation sites is 2. The lowest BCUT2D eigenvalue weighted by atomic mass is 9.89. The predicted molar refractivity (Wildman–Crippen MR) is 125 cm³/mol. The topological polar surface area (TPSA) is 68.6 Å². The molecular weight excluding hydrogens is 408 g/mol. The minimum atomic E-state index is -0.0358. The maximum absolute atomic E-state index is 12.7. The molecule has 2 aliphatic rings. The predicted octanol–water partition coefficient (Wildman–Crippen LogP) is 3.90. The lowest BCUT2D eigenvalue weighted by Gasteiger charge is -2.36. The Morgan fingerprint density at radius 1 is 1.29 bits per heavy atom. The molecule has 1 atom stereocenters. The molecule has 4 rings (SSSR count). The highest BCUT2D eigenvalue weighted by atomic mass is 32.1. The number of rotatable bonds is 6. The van der Waals surface area contributed by atoms with Crippen LogP contribution in [0, 0.1) is 17.2 Å². The number of fused-ring (bicyclic) bond motifs is 1. The Morgan fingerprint density at radius 2 is 2.06 bits per heavy atom. The number of piperazine rings is 1. The minimum Gasteiger partial charge on any atom is -0.492 e. The normalized spacial score (nSPS) is 18.9. The van der Waals surface area contributed by atoms with Crippen LogP contribution in [-0.4, -0.2) is 50.1 Å². The molecular formula is C24H30N4O2S. The number of nitriles is 1. The van der Waals surface area contributed by atoms with Crippen molar-refractivity contribution in [3.05, 3.63) is 40.3 Å². The first-order valence-corrected chi connectivity index (χ1v) is 11.9. The summed E-state index contributed by atoms with van der Waals surface area (Å²) in [6.07, 6.45) is 3.06. The number of carbonyl (C=O) groups excluding carboxylic acids is 1. The summed E-state index contributed by atoms with van der Waals surface area (Å²) in [5.74, 6) is 1.52. The van der Waals surface area contributed by atoms with E-state index in [2.05, 4.69) is 34.2 Å². The maximum atomic E-state index is 12.7. The number of nitrogens with zero attached hydrogens (tertiary/aromatic N) is 3. The van der Waals surface area contributed by atoms with Crippen LogP contribution in [0.25, 0.3) is 0 Å². The van der Waals surface area contributed by atoms with E-state index in [-0.39, 0.29) is 5.91 Å². The third-order valence-corrected chi connectivity index (χ3v) is 7.29. The lowest BCUT2D eigenvalue weighted by molar-refractivity contribution is -0.117. The number of benzene rings is 1. The van der Waals surface area contributed by atoms with Gasteiger partial charge in [0.25, 0.3) is 0 Å². The Bertz CT molecular complexity index is 972. The zero-order valence-corrected chi connectivity index (χ0v) is 19.1. The molecule has 1 amide bonds. The van der Waals surface area contributed by atoms with Gasteiger partial charge >= 0.3 is 0 Å². The van der Waals surface area contributed by atoms with Crippen molar-refractivity contribution < 1.29 is 9.53 Å². The van der Waals surface area contributed by atoms with Crippen LogP contribution in [-0.2, 0) is 17.6 Å². The first kappa shape index (κ1) is 21.7. The second-order valence-corrected chi connectivity index (χ2v) is 9.48. The number of anilines is 2. The average Bonchev–Trinajstić information content (AvgIpc) is 3.10. The van der Waals surface area contributed by atoms with E-state index in [1.807, 2.05) is 25.1 Å². The number of hydrogen-bond acceptors (Lipinski definition) is 6. The Hall–Kier alpha value is -2.56. The largest absolute Gasteiger partial charge is 0.492 e. The number of hydrogen-bond donors (Lipinski definition) is 1. The molecule has 2 aromatic rings. The smallest absolute Gasteiger partial charge is 0.239 e. The molecule has 164 valence electrons. The fourth-order valence-electron chi connectivity index (χ4n) is 4.47. The number of ether oxygens (including phenoxy) is 1. The van der Waals surface area contributed by atoms with Gasteiger partial charge in [0.1, 0.15) is 16.8 Å². The summed E-state index contributed by atoms with van der Waals surface area (Å²) in [6.45, 7) is 8.58. The molecule has 1 aromatic carbocycles. The molecule has 0 bridgehead atoms. The summed E-state index contributed by atoms with van der Waals surface area (Å²) in [5, 5.41) is 13.4. The highest BCUT2D eigenvalue weighted by Crippen LogP contribution is 2.39. The molecule has 0 radical (unpaired) electrons. The zero-order chi connectivity index (χ0) is 21.8. The average molecular weight is 439 g/mol. The molecule has 1 aliphatic carbocycles. The van der Waals surface area contributed by atoms with E-state index in [0.717, 1.165) is 67.4 Å². The highest BCUT2D eigenvalue weighted by Gasteiger charge is 2.26. The molecule has 0 spiro atoms. The molecule has 0 saturated carbocycles. The van der Waals surface area contributed by atoms with E-state index >= 15 is 0 Å². The van der Waals surface area contributed by atoms with Gasteiger partial charge < -0.3 is 15.0 Å². The molecule has 6 nitrogen and oxygen atoms in total. The van der Waals surface area contributed by atoms with Crippen molar-refractivity contribution in [1.82, 2.24) is 4.90 Å². The fraction of sp³-hybridized carbons (Fsp3) is 0.500. The van der Waals surface area contributed by atoms with Crippen LogP contribution in [0.5, 0.6) is 5.75 Å². The number of thiophene rings is 1. The second kappa shape index (κ2) is 9.71. The number of carbonyl (C=O) groups is 1. The molecule has 1 N–H and O–H groups in total. The van der Waals surface area contributed by atoms with Gasteiger partial charge in [-0.2, -0.15) is 5.26 Å². The highest BCUT2D eigenvalue weighted by molar-refractivity contribution is 7.16. The molecule has 2 heterocycles. The van der Waals surface area contributed by atoms with Crippen molar-refractivity contribution in [3.63, 3.8) is 0 Å². The summed E-state index contributed by atoms with van der Waals surface area (Å²) in [5.41, 5.74) is 2.95. The Balaban J connectivity index is 1.34. The zero-order valence-electron chi connectivity index (χ0n) is 18.3. The van der Waals surface area contributed by atoms with E-state index in [9.17, 15) is 10.1 Å². The molecule has 1 aliphatic heterocycles. The van der Waals surface area contributed by atoms with Crippen molar-refractivity contribution in [2.45, 2.75) is 33.1 Å². The van der Waals surface area contributed by atoms with Crippen LogP contribution < -0.4 is 15.0 Å². The van der Waals surface area contributed by atoms with Crippen molar-refractivity contribution in [2.24, 2.45) is 5.92 Å². The van der Waals surface area contributed by atoms with Crippen molar-refractivity contribution in [3.8, 4) is 11.8 Å². The standard InChI is InChI=1S/C24H30N4O2S/c1-3-30-21-7-5-4-6-20(21)28-12-10-27(11-13-28)16-23(29)26-24-19(15-25)18-9-8-17(2)14-22(18)31-24/h4-7,17H,3,8-14,16H2,1-2H3,(H,26,29). The van der Waals surface area contributed by atoms with Crippen LogP contribution in [0.2, 0.25) is 0 Å². The lowest BCUT2D eigenvalue weighted by Crippen LogP contribution is -2.48. The molecule has 7 heteroatoms. The number of nitrogens with one attached hydrogen (secondary N) is 1. The van der Waals surface area contributed by atoms with Crippen LogP contribution >= 0.6 is 11.3 Å². The van der Waals surface area contributed by atoms with Crippen molar-refractivity contribution in [2.75, 3.05) is 49.5 Å². The van der Waals surface area contributed by atoms with E-state index < -0.39 is 0 Å². The summed E-state index contributed by atoms with van der Waals surface area (Å²) in [7, 11) is 0. The summed E-state index contributed by atoms with van der Waals surface area (Å²) < 4.78 is 5.77. The third kappa shape index (κ3) is 4.86. The van der Waals surface area contributed by atoms with Gasteiger partial charge in [-0.3, -0.25) is 9.69 Å². The first-order chi connectivity index (χ1) is 15.1. The van der Waals surface area contributed by atoms with E-state index in [1.54, 1.807) is 11.3 Å². The maximum Gasteiger partial charge on any atom is 0.239 e. The molecule has 1 aromatic heterocycles. The van der Waals surface area contributed by atoms with Crippen LogP contribution in [0.15, 0.2) is 24.3 Å². The Kier molecular flexibility index (Phi) is 6.79. The summed E-state index contributed by atoms with van der Waals surface area (Å²) in [6, 6.07) is 10.5. The van der Waals surface area contributed by atoms with E-state index in [0.29, 0.717) is 24.6 Å². The summed E-state index contributed by atoms with van der Waals surface area (Å²) >= 11 is 1.59. The van der Waals surface area contributed by atoms with Gasteiger partial charge in [-0.1, -0.05) is 19.1 Å². The van der Waals surface area contributed by atoms with Gasteiger partial charge in [-0.05, 0) is 49.8 Å². The summed E-state index contributed by atoms with van der Waals surface area (Å²) in [4.78, 5) is 18.5. The third-order valence-electron chi connectivity index (χ3n) is 6.12. The number of amides is 1. The first-order valence-electron chi connectivity index (χ1n) is 11.1. The SMILES string of the molecule is CCOc1ccccc1N1CCN(CC(=O)Nc2sc3c(c2C#N)CCC(C)C3)CC1. The minimum absolute atomic E-state index is 0.0358. The van der Waals surface area contributed by atoms with Crippen molar-refractivity contribution >= 4 is 27.9 Å².